The highest BCUT2D eigenvalue weighted by Crippen LogP contribution is 2.37. The SMILES string of the molecule is Cc1c(Br)cc(B2OC(C)(C)C(C)(C)O2)cc1Br. The standard InChI is InChI=1S/C13H17BBr2O2/c1-8-10(15)6-9(7-11(8)16)14-17-12(2,3)13(4,5)18-14/h6-7H,1-5H3. The highest BCUT2D eigenvalue weighted by molar-refractivity contribution is 9.11. The van der Waals surface area contributed by atoms with Gasteiger partial charge >= 0.3 is 7.12 Å². The third kappa shape index (κ3) is 2.42. The smallest absolute Gasteiger partial charge is 0.399 e. The maximum atomic E-state index is 6.04. The van der Waals surface area contributed by atoms with Gasteiger partial charge in [-0.1, -0.05) is 31.9 Å². The van der Waals surface area contributed by atoms with Crippen molar-refractivity contribution in [3.63, 3.8) is 0 Å². The summed E-state index contributed by atoms with van der Waals surface area (Å²) in [5.41, 5.74) is 1.59. The molecule has 2 nitrogen and oxygen atoms in total. The van der Waals surface area contributed by atoms with Gasteiger partial charge in [-0.15, -0.1) is 0 Å². The summed E-state index contributed by atoms with van der Waals surface area (Å²) >= 11 is 7.12. The van der Waals surface area contributed by atoms with Crippen molar-refractivity contribution in [2.24, 2.45) is 0 Å². The average Bonchev–Trinajstić information content (AvgIpc) is 2.44. The molecule has 1 aliphatic heterocycles. The first-order valence-corrected chi connectivity index (χ1v) is 7.54. The first-order chi connectivity index (χ1) is 8.14. The second-order valence-corrected chi connectivity index (χ2v) is 7.41. The molecule has 0 bridgehead atoms. The van der Waals surface area contributed by atoms with Crippen molar-refractivity contribution in [3.8, 4) is 0 Å². The molecule has 1 aromatic carbocycles. The van der Waals surface area contributed by atoms with Crippen molar-refractivity contribution in [1.82, 2.24) is 0 Å². The van der Waals surface area contributed by atoms with Crippen LogP contribution in [0, 0.1) is 6.92 Å². The number of benzene rings is 1. The lowest BCUT2D eigenvalue weighted by Crippen LogP contribution is -2.41. The number of halogens is 2. The molecule has 1 aromatic rings. The molecule has 0 N–H and O–H groups in total. The van der Waals surface area contributed by atoms with E-state index >= 15 is 0 Å². The Labute approximate surface area is 126 Å². The van der Waals surface area contributed by atoms with E-state index in [1.807, 2.05) is 0 Å². The first-order valence-electron chi connectivity index (χ1n) is 5.95. The van der Waals surface area contributed by atoms with Crippen LogP contribution in [0.4, 0.5) is 0 Å². The summed E-state index contributed by atoms with van der Waals surface area (Å²) < 4.78 is 14.2. The molecule has 0 spiro atoms. The number of hydrogen-bond donors (Lipinski definition) is 0. The van der Waals surface area contributed by atoms with E-state index in [1.54, 1.807) is 0 Å². The molecular formula is C13H17BBr2O2. The molecule has 1 aliphatic rings. The van der Waals surface area contributed by atoms with Gasteiger partial charge in [-0.2, -0.15) is 0 Å². The monoisotopic (exact) mass is 374 g/mol. The topological polar surface area (TPSA) is 18.5 Å². The minimum Gasteiger partial charge on any atom is -0.399 e. The molecule has 2 rings (SSSR count). The molecule has 0 aliphatic carbocycles. The lowest BCUT2D eigenvalue weighted by Gasteiger charge is -2.32. The average molecular weight is 376 g/mol. The summed E-state index contributed by atoms with van der Waals surface area (Å²) in [6.45, 7) is 10.3. The van der Waals surface area contributed by atoms with Crippen LogP contribution >= 0.6 is 31.9 Å². The number of hydrogen-bond acceptors (Lipinski definition) is 2. The van der Waals surface area contributed by atoms with Gasteiger partial charge in [0.25, 0.3) is 0 Å². The van der Waals surface area contributed by atoms with Gasteiger partial charge in [0.15, 0.2) is 0 Å². The molecule has 0 atom stereocenters. The Morgan fingerprint density at radius 1 is 0.944 bits per heavy atom. The van der Waals surface area contributed by atoms with Crippen LogP contribution in [0.3, 0.4) is 0 Å². The summed E-state index contributed by atoms with van der Waals surface area (Å²) in [6.07, 6.45) is 0. The van der Waals surface area contributed by atoms with Crippen LogP contribution < -0.4 is 5.46 Å². The molecule has 0 aromatic heterocycles. The van der Waals surface area contributed by atoms with Gasteiger partial charge in [0, 0.05) is 8.95 Å². The van der Waals surface area contributed by atoms with Crippen molar-refractivity contribution >= 4 is 44.4 Å². The van der Waals surface area contributed by atoms with Crippen LogP contribution in [0.25, 0.3) is 0 Å². The van der Waals surface area contributed by atoms with Crippen LogP contribution in [0.15, 0.2) is 21.1 Å². The van der Waals surface area contributed by atoms with E-state index in [0.29, 0.717) is 0 Å². The third-order valence-electron chi connectivity index (χ3n) is 3.83. The molecule has 0 amide bonds. The van der Waals surface area contributed by atoms with Crippen molar-refractivity contribution in [3.05, 3.63) is 26.6 Å². The van der Waals surface area contributed by atoms with Crippen LogP contribution in [0.5, 0.6) is 0 Å². The summed E-state index contributed by atoms with van der Waals surface area (Å²) in [7, 11) is -0.316. The maximum absolute atomic E-state index is 6.04. The second-order valence-electron chi connectivity index (χ2n) is 5.70. The van der Waals surface area contributed by atoms with E-state index in [9.17, 15) is 0 Å². The molecule has 98 valence electrons. The summed E-state index contributed by atoms with van der Waals surface area (Å²) in [5.74, 6) is 0. The van der Waals surface area contributed by atoms with Gasteiger partial charge in [0.05, 0.1) is 11.2 Å². The van der Waals surface area contributed by atoms with Gasteiger partial charge in [-0.25, -0.2) is 0 Å². The molecule has 1 saturated heterocycles. The van der Waals surface area contributed by atoms with Gasteiger partial charge in [0.1, 0.15) is 0 Å². The molecule has 0 unspecified atom stereocenters. The zero-order chi connectivity index (χ0) is 13.7. The Kier molecular flexibility index (Phi) is 3.74. The van der Waals surface area contributed by atoms with Gasteiger partial charge in [0.2, 0.25) is 0 Å². The van der Waals surface area contributed by atoms with E-state index in [0.717, 1.165) is 14.4 Å². The Hall–Kier alpha value is 0.165. The van der Waals surface area contributed by atoms with Crippen LogP contribution in [0.2, 0.25) is 0 Å². The van der Waals surface area contributed by atoms with E-state index in [1.165, 1.54) is 5.56 Å². The Morgan fingerprint density at radius 2 is 1.33 bits per heavy atom. The van der Waals surface area contributed by atoms with Crippen LogP contribution in [-0.2, 0) is 9.31 Å². The zero-order valence-electron chi connectivity index (χ0n) is 11.3. The first kappa shape index (κ1) is 14.6. The molecule has 0 saturated carbocycles. The Bertz CT molecular complexity index is 447. The predicted octanol–water partition coefficient (Wildman–Crippen LogP) is 3.82. The van der Waals surface area contributed by atoms with E-state index in [4.69, 9.17) is 9.31 Å². The van der Waals surface area contributed by atoms with Crippen molar-refractivity contribution in [2.75, 3.05) is 0 Å². The molecular weight excluding hydrogens is 359 g/mol. The lowest BCUT2D eigenvalue weighted by molar-refractivity contribution is 0.00578. The Morgan fingerprint density at radius 3 is 1.72 bits per heavy atom. The highest BCUT2D eigenvalue weighted by atomic mass is 79.9. The minimum absolute atomic E-state index is 0.304. The highest BCUT2D eigenvalue weighted by Gasteiger charge is 2.51. The number of rotatable bonds is 1. The van der Waals surface area contributed by atoms with Gasteiger partial charge in [-0.05, 0) is 57.8 Å². The molecule has 18 heavy (non-hydrogen) atoms. The molecule has 5 heteroatoms. The lowest BCUT2D eigenvalue weighted by atomic mass is 9.79. The minimum atomic E-state index is -0.316. The predicted molar refractivity (Wildman–Crippen MR) is 82.3 cm³/mol. The zero-order valence-corrected chi connectivity index (χ0v) is 14.5. The van der Waals surface area contributed by atoms with Crippen molar-refractivity contribution in [1.29, 1.82) is 0 Å². The largest absolute Gasteiger partial charge is 0.494 e. The third-order valence-corrected chi connectivity index (χ3v) is 5.48. The van der Waals surface area contributed by atoms with E-state index in [-0.39, 0.29) is 18.3 Å². The molecule has 1 heterocycles. The van der Waals surface area contributed by atoms with Crippen LogP contribution in [0.1, 0.15) is 33.3 Å². The fourth-order valence-electron chi connectivity index (χ4n) is 1.78. The van der Waals surface area contributed by atoms with Gasteiger partial charge < -0.3 is 9.31 Å². The van der Waals surface area contributed by atoms with Crippen molar-refractivity contribution in [2.45, 2.75) is 45.8 Å². The summed E-state index contributed by atoms with van der Waals surface area (Å²) in [4.78, 5) is 0. The summed E-state index contributed by atoms with van der Waals surface area (Å²) in [6, 6.07) is 4.12. The van der Waals surface area contributed by atoms with E-state index in [2.05, 4.69) is 78.6 Å². The molecule has 0 radical (unpaired) electrons. The molecule has 1 fully saturated rings. The quantitative estimate of drug-likeness (QED) is 0.695. The second kappa shape index (κ2) is 4.62. The fraction of sp³-hybridized carbons (Fsp3) is 0.538. The maximum Gasteiger partial charge on any atom is 0.494 e. The van der Waals surface area contributed by atoms with E-state index < -0.39 is 0 Å². The van der Waals surface area contributed by atoms with Crippen molar-refractivity contribution < 1.29 is 9.31 Å². The normalized spacial score (nSPS) is 21.4. The van der Waals surface area contributed by atoms with Crippen LogP contribution in [-0.4, -0.2) is 18.3 Å². The van der Waals surface area contributed by atoms with Gasteiger partial charge in [-0.3, -0.25) is 0 Å². The Balaban J connectivity index is 2.36. The fourth-order valence-corrected chi connectivity index (χ4v) is 3.00. The summed E-state index contributed by atoms with van der Waals surface area (Å²) in [5, 5.41) is 0.